The number of hydrogen-bond donors (Lipinski definition) is 1. The summed E-state index contributed by atoms with van der Waals surface area (Å²) in [5, 5.41) is 5.35. The molecule has 2 rings (SSSR count). The maximum Gasteiger partial charge on any atom is 0.327 e. The molecule has 2 aliphatic rings. The van der Waals surface area contributed by atoms with Crippen LogP contribution in [0.15, 0.2) is 5.10 Å². The van der Waals surface area contributed by atoms with E-state index >= 15 is 0 Å². The monoisotopic (exact) mass is 268 g/mol. The molecule has 18 heavy (non-hydrogen) atoms. The van der Waals surface area contributed by atoms with E-state index in [0.29, 0.717) is 0 Å². The van der Waals surface area contributed by atoms with Gasteiger partial charge in [0, 0.05) is 19.4 Å². The molecule has 7 heteroatoms. The molecule has 2 aliphatic heterocycles. The predicted octanol–water partition coefficient (Wildman–Crippen LogP) is 0.474. The standard InChI is InChI=1S/C11H20N4O2Si/c1-11-7(12-13-9(11)18(4,5)6)8(16)14(2)10(17)15(11)3/h7,12H,1-6H3/t7-,11+/m1/s1. The van der Waals surface area contributed by atoms with Gasteiger partial charge in [-0.15, -0.1) is 0 Å². The number of imide groups is 1. The molecule has 100 valence electrons. The Bertz CT molecular complexity index is 456. The van der Waals surface area contributed by atoms with E-state index in [0.717, 1.165) is 10.2 Å². The number of carbonyl (C=O) groups excluding carboxylic acids is 2. The van der Waals surface area contributed by atoms with Gasteiger partial charge in [0.2, 0.25) is 0 Å². The van der Waals surface area contributed by atoms with Crippen molar-refractivity contribution in [3.8, 4) is 0 Å². The lowest BCUT2D eigenvalue weighted by Gasteiger charge is -2.47. The first-order valence-corrected chi connectivity index (χ1v) is 9.51. The van der Waals surface area contributed by atoms with E-state index in [4.69, 9.17) is 0 Å². The van der Waals surface area contributed by atoms with Crippen molar-refractivity contribution in [1.29, 1.82) is 0 Å². The van der Waals surface area contributed by atoms with Gasteiger partial charge in [0.05, 0.1) is 0 Å². The highest BCUT2D eigenvalue weighted by atomic mass is 28.3. The number of hydrogen-bond acceptors (Lipinski definition) is 4. The summed E-state index contributed by atoms with van der Waals surface area (Å²) in [5.74, 6) is -0.211. The fraction of sp³-hybridized carbons (Fsp3) is 0.727. The number of amides is 3. The van der Waals surface area contributed by atoms with E-state index in [1.165, 1.54) is 7.05 Å². The van der Waals surface area contributed by atoms with Crippen LogP contribution in [0.25, 0.3) is 0 Å². The largest absolute Gasteiger partial charge is 0.327 e. The molecule has 0 aromatic rings. The van der Waals surface area contributed by atoms with Gasteiger partial charge < -0.3 is 4.90 Å². The summed E-state index contributed by atoms with van der Waals surface area (Å²) in [6, 6.07) is -0.736. The summed E-state index contributed by atoms with van der Waals surface area (Å²) >= 11 is 0. The Hall–Kier alpha value is -1.37. The summed E-state index contributed by atoms with van der Waals surface area (Å²) < 4.78 is 0. The number of hydrazone groups is 1. The molecular weight excluding hydrogens is 248 g/mol. The van der Waals surface area contributed by atoms with Crippen molar-refractivity contribution in [3.63, 3.8) is 0 Å². The lowest BCUT2D eigenvalue weighted by molar-refractivity contribution is -0.134. The summed E-state index contributed by atoms with van der Waals surface area (Å²) in [5.41, 5.74) is 2.29. The first kappa shape index (κ1) is 13.1. The average Bonchev–Trinajstić information content (AvgIpc) is 2.62. The van der Waals surface area contributed by atoms with Crippen molar-refractivity contribution < 1.29 is 9.59 Å². The zero-order chi connectivity index (χ0) is 13.9. The molecule has 3 amide bonds. The predicted molar refractivity (Wildman–Crippen MR) is 72.0 cm³/mol. The van der Waals surface area contributed by atoms with Gasteiger partial charge in [0.15, 0.2) is 6.04 Å². The normalized spacial score (nSPS) is 32.3. The van der Waals surface area contributed by atoms with Gasteiger partial charge in [-0.3, -0.25) is 15.1 Å². The van der Waals surface area contributed by atoms with E-state index in [9.17, 15) is 9.59 Å². The highest BCUT2D eigenvalue weighted by Crippen LogP contribution is 2.34. The van der Waals surface area contributed by atoms with Crippen molar-refractivity contribution in [2.24, 2.45) is 5.10 Å². The van der Waals surface area contributed by atoms with E-state index in [1.807, 2.05) is 6.92 Å². The second-order valence-corrected chi connectivity index (χ2v) is 11.1. The van der Waals surface area contributed by atoms with E-state index in [2.05, 4.69) is 30.2 Å². The number of nitrogens with zero attached hydrogens (tertiary/aromatic N) is 3. The van der Waals surface area contributed by atoms with E-state index in [-0.39, 0.29) is 11.9 Å². The molecule has 0 unspecified atom stereocenters. The first-order valence-electron chi connectivity index (χ1n) is 6.01. The minimum Gasteiger partial charge on any atom is -0.314 e. The molecule has 1 N–H and O–H groups in total. The average molecular weight is 268 g/mol. The van der Waals surface area contributed by atoms with Crippen LogP contribution in [0.5, 0.6) is 0 Å². The van der Waals surface area contributed by atoms with Crippen LogP contribution in [0, 0.1) is 0 Å². The topological polar surface area (TPSA) is 65.0 Å². The number of nitrogens with one attached hydrogen (secondary N) is 1. The third kappa shape index (κ3) is 1.43. The molecule has 0 aromatic heterocycles. The van der Waals surface area contributed by atoms with Crippen LogP contribution < -0.4 is 5.43 Å². The van der Waals surface area contributed by atoms with Gasteiger partial charge in [-0.05, 0) is 6.92 Å². The molecule has 2 heterocycles. The Morgan fingerprint density at radius 2 is 1.83 bits per heavy atom. The molecule has 1 fully saturated rings. The molecule has 0 bridgehead atoms. The van der Waals surface area contributed by atoms with Crippen molar-refractivity contribution in [3.05, 3.63) is 0 Å². The maximum absolute atomic E-state index is 12.2. The van der Waals surface area contributed by atoms with E-state index < -0.39 is 19.7 Å². The summed E-state index contributed by atoms with van der Waals surface area (Å²) in [4.78, 5) is 27.1. The Balaban J connectivity index is 2.52. The minimum atomic E-state index is -1.70. The fourth-order valence-corrected chi connectivity index (χ4v) is 5.02. The number of fused-ring (bicyclic) bond motifs is 1. The lowest BCUT2D eigenvalue weighted by atomic mass is 9.90. The Labute approximate surface area is 108 Å². The van der Waals surface area contributed by atoms with Crippen LogP contribution in [-0.2, 0) is 4.79 Å². The van der Waals surface area contributed by atoms with Crippen LogP contribution in [0.2, 0.25) is 19.6 Å². The van der Waals surface area contributed by atoms with Crippen molar-refractivity contribution in [2.45, 2.75) is 38.1 Å². The van der Waals surface area contributed by atoms with Crippen molar-refractivity contribution >= 4 is 25.3 Å². The van der Waals surface area contributed by atoms with Crippen LogP contribution in [0.1, 0.15) is 6.92 Å². The highest BCUT2D eigenvalue weighted by molar-refractivity contribution is 7.05. The number of carbonyl (C=O) groups is 2. The van der Waals surface area contributed by atoms with Gasteiger partial charge in [-0.2, -0.15) is 5.10 Å². The first-order chi connectivity index (χ1) is 8.11. The highest BCUT2D eigenvalue weighted by Gasteiger charge is 2.59. The number of rotatable bonds is 1. The van der Waals surface area contributed by atoms with Gasteiger partial charge >= 0.3 is 6.03 Å². The molecule has 0 aliphatic carbocycles. The van der Waals surface area contributed by atoms with Crippen LogP contribution in [0.4, 0.5) is 4.79 Å². The molecule has 0 saturated carbocycles. The smallest absolute Gasteiger partial charge is 0.314 e. The van der Waals surface area contributed by atoms with Crippen molar-refractivity contribution in [2.75, 3.05) is 14.1 Å². The quantitative estimate of drug-likeness (QED) is 0.703. The van der Waals surface area contributed by atoms with Gasteiger partial charge in [-0.1, -0.05) is 19.6 Å². The fourth-order valence-electron chi connectivity index (χ4n) is 2.79. The molecule has 0 radical (unpaired) electrons. The van der Waals surface area contributed by atoms with Crippen LogP contribution >= 0.6 is 0 Å². The van der Waals surface area contributed by atoms with Gasteiger partial charge in [-0.25, -0.2) is 4.79 Å². The zero-order valence-corrected chi connectivity index (χ0v) is 12.7. The second-order valence-electron chi connectivity index (χ2n) is 6.16. The summed E-state index contributed by atoms with van der Waals surface area (Å²) in [7, 11) is 1.54. The molecule has 0 aromatic carbocycles. The molecule has 1 saturated heterocycles. The molecule has 6 nitrogen and oxygen atoms in total. The Kier molecular flexibility index (Phi) is 2.59. The zero-order valence-electron chi connectivity index (χ0n) is 11.7. The van der Waals surface area contributed by atoms with Crippen LogP contribution in [-0.4, -0.2) is 60.8 Å². The van der Waals surface area contributed by atoms with Crippen molar-refractivity contribution in [1.82, 2.24) is 15.2 Å². The maximum atomic E-state index is 12.2. The summed E-state index contributed by atoms with van der Waals surface area (Å²) in [6.07, 6.45) is 0. The Morgan fingerprint density at radius 1 is 1.28 bits per heavy atom. The van der Waals surface area contributed by atoms with Gasteiger partial charge in [0.25, 0.3) is 5.91 Å². The van der Waals surface area contributed by atoms with Crippen LogP contribution in [0.3, 0.4) is 0 Å². The third-order valence-electron chi connectivity index (χ3n) is 3.91. The minimum absolute atomic E-state index is 0.211. The number of urea groups is 1. The molecule has 0 spiro atoms. The summed E-state index contributed by atoms with van der Waals surface area (Å²) in [6.45, 7) is 8.43. The second kappa shape index (κ2) is 3.56. The Morgan fingerprint density at radius 3 is 2.33 bits per heavy atom. The number of likely N-dealkylation sites (N-methyl/N-ethyl adjacent to an activating group) is 2. The van der Waals surface area contributed by atoms with Gasteiger partial charge in [0.1, 0.15) is 13.6 Å². The van der Waals surface area contributed by atoms with E-state index in [1.54, 1.807) is 11.9 Å². The molecule has 2 atom stereocenters. The SMILES string of the molecule is CN1C(=O)[C@H]2NN=C([Si](C)(C)C)[C@@]2(C)N(C)C1=O. The molecular formula is C11H20N4O2Si. The lowest BCUT2D eigenvalue weighted by Crippen LogP contribution is -2.73. The third-order valence-corrected chi connectivity index (χ3v) is 5.94.